The molecule has 0 saturated carbocycles. The molecule has 0 unspecified atom stereocenters. The van der Waals surface area contributed by atoms with E-state index in [4.69, 9.17) is 10.5 Å². The van der Waals surface area contributed by atoms with Crippen LogP contribution < -0.4 is 15.8 Å². The van der Waals surface area contributed by atoms with Gasteiger partial charge in [-0.05, 0) is 55.7 Å². The molecule has 0 atom stereocenters. The van der Waals surface area contributed by atoms with Crippen LogP contribution in [-0.2, 0) is 0 Å². The molecule has 100 valence electrons. The zero-order valence-electron chi connectivity index (χ0n) is 11.9. The first-order valence-corrected chi connectivity index (χ1v) is 6.31. The summed E-state index contributed by atoms with van der Waals surface area (Å²) in [7, 11) is 1.71. The summed E-state index contributed by atoms with van der Waals surface area (Å²) in [5.41, 5.74) is 12.1. The third kappa shape index (κ3) is 2.50. The third-order valence-electron chi connectivity index (χ3n) is 3.46. The van der Waals surface area contributed by atoms with E-state index in [0.717, 1.165) is 33.9 Å². The molecule has 0 amide bonds. The van der Waals surface area contributed by atoms with E-state index in [9.17, 15) is 0 Å². The van der Waals surface area contributed by atoms with E-state index in [1.807, 2.05) is 31.2 Å². The fourth-order valence-corrected chi connectivity index (χ4v) is 2.26. The fraction of sp³-hybridized carbons (Fsp3) is 0.250. The Labute approximate surface area is 114 Å². The molecule has 0 radical (unpaired) electrons. The number of nitrogen functional groups attached to an aromatic ring is 1. The number of methoxy groups -OCH3 is 1. The minimum Gasteiger partial charge on any atom is -0.496 e. The van der Waals surface area contributed by atoms with Gasteiger partial charge in [-0.2, -0.15) is 0 Å². The van der Waals surface area contributed by atoms with Crippen molar-refractivity contribution in [2.45, 2.75) is 20.8 Å². The first kappa shape index (κ1) is 13.3. The lowest BCUT2D eigenvalue weighted by atomic mass is 10.0. The molecule has 3 nitrogen and oxygen atoms in total. The van der Waals surface area contributed by atoms with E-state index in [2.05, 4.69) is 25.2 Å². The molecule has 0 aliphatic carbocycles. The molecule has 0 aliphatic heterocycles. The van der Waals surface area contributed by atoms with Crippen LogP contribution >= 0.6 is 0 Å². The van der Waals surface area contributed by atoms with Gasteiger partial charge in [-0.1, -0.05) is 12.1 Å². The van der Waals surface area contributed by atoms with Crippen LogP contribution in [0.2, 0.25) is 0 Å². The molecule has 0 aromatic heterocycles. The molecule has 3 heteroatoms. The van der Waals surface area contributed by atoms with Crippen molar-refractivity contribution in [3.8, 4) is 5.75 Å². The van der Waals surface area contributed by atoms with E-state index in [0.29, 0.717) is 0 Å². The van der Waals surface area contributed by atoms with Crippen molar-refractivity contribution >= 4 is 17.1 Å². The van der Waals surface area contributed by atoms with Crippen LogP contribution in [0.1, 0.15) is 16.7 Å². The SMILES string of the molecule is COc1c(C)cc(Nc2ccccc2N)c(C)c1C. The van der Waals surface area contributed by atoms with E-state index >= 15 is 0 Å². The Hall–Kier alpha value is -2.16. The number of benzene rings is 2. The standard InChI is InChI=1S/C16H20N2O/c1-10-9-15(11(2)12(3)16(10)19-4)18-14-8-6-5-7-13(14)17/h5-9,18H,17H2,1-4H3. The topological polar surface area (TPSA) is 47.3 Å². The van der Waals surface area contributed by atoms with Gasteiger partial charge >= 0.3 is 0 Å². The van der Waals surface area contributed by atoms with Crippen LogP contribution in [0.3, 0.4) is 0 Å². The molecule has 0 spiro atoms. The Kier molecular flexibility index (Phi) is 3.65. The van der Waals surface area contributed by atoms with Crippen LogP contribution in [0.15, 0.2) is 30.3 Å². The summed E-state index contributed by atoms with van der Waals surface area (Å²) in [6.07, 6.45) is 0. The number of aryl methyl sites for hydroxylation is 1. The lowest BCUT2D eigenvalue weighted by Crippen LogP contribution is -2.01. The van der Waals surface area contributed by atoms with Crippen molar-refractivity contribution in [3.63, 3.8) is 0 Å². The van der Waals surface area contributed by atoms with Gasteiger partial charge in [-0.15, -0.1) is 0 Å². The summed E-state index contributed by atoms with van der Waals surface area (Å²) >= 11 is 0. The first-order chi connectivity index (χ1) is 9.04. The zero-order chi connectivity index (χ0) is 14.0. The van der Waals surface area contributed by atoms with Gasteiger partial charge in [-0.25, -0.2) is 0 Å². The summed E-state index contributed by atoms with van der Waals surface area (Å²) in [4.78, 5) is 0. The molecule has 2 aromatic rings. The second-order valence-electron chi connectivity index (χ2n) is 4.74. The maximum Gasteiger partial charge on any atom is 0.125 e. The number of nitrogens with one attached hydrogen (secondary N) is 1. The molecule has 0 heterocycles. The summed E-state index contributed by atoms with van der Waals surface area (Å²) < 4.78 is 5.43. The van der Waals surface area contributed by atoms with E-state index in [1.54, 1.807) is 7.11 Å². The van der Waals surface area contributed by atoms with Crippen LogP contribution in [0.5, 0.6) is 5.75 Å². The predicted octanol–water partition coefficient (Wildman–Crippen LogP) is 3.95. The molecule has 2 aromatic carbocycles. The molecular formula is C16H20N2O. The zero-order valence-corrected chi connectivity index (χ0v) is 11.9. The van der Waals surface area contributed by atoms with Crippen LogP contribution in [0.4, 0.5) is 17.1 Å². The van der Waals surface area contributed by atoms with Crippen molar-refractivity contribution < 1.29 is 4.74 Å². The lowest BCUT2D eigenvalue weighted by molar-refractivity contribution is 0.408. The van der Waals surface area contributed by atoms with E-state index < -0.39 is 0 Å². The van der Waals surface area contributed by atoms with Crippen molar-refractivity contribution in [3.05, 3.63) is 47.0 Å². The van der Waals surface area contributed by atoms with Gasteiger partial charge in [0.2, 0.25) is 0 Å². The highest BCUT2D eigenvalue weighted by atomic mass is 16.5. The maximum absolute atomic E-state index is 5.96. The van der Waals surface area contributed by atoms with Crippen LogP contribution in [0, 0.1) is 20.8 Å². The minimum absolute atomic E-state index is 0.744. The monoisotopic (exact) mass is 256 g/mol. The van der Waals surface area contributed by atoms with E-state index in [-0.39, 0.29) is 0 Å². The summed E-state index contributed by atoms with van der Waals surface area (Å²) in [6, 6.07) is 9.85. The van der Waals surface area contributed by atoms with Crippen LogP contribution in [-0.4, -0.2) is 7.11 Å². The number of hydrogen-bond acceptors (Lipinski definition) is 3. The number of hydrogen-bond donors (Lipinski definition) is 2. The smallest absolute Gasteiger partial charge is 0.125 e. The second kappa shape index (κ2) is 5.22. The summed E-state index contributed by atoms with van der Waals surface area (Å²) in [6.45, 7) is 6.20. The Balaban J connectivity index is 2.45. The van der Waals surface area contributed by atoms with Crippen molar-refractivity contribution in [2.75, 3.05) is 18.2 Å². The molecule has 0 fully saturated rings. The predicted molar refractivity (Wildman–Crippen MR) is 81.3 cm³/mol. The minimum atomic E-state index is 0.744. The molecule has 0 aliphatic rings. The Morgan fingerprint density at radius 3 is 2.32 bits per heavy atom. The van der Waals surface area contributed by atoms with Crippen molar-refractivity contribution in [1.82, 2.24) is 0 Å². The van der Waals surface area contributed by atoms with E-state index in [1.165, 1.54) is 5.56 Å². The highest BCUT2D eigenvalue weighted by molar-refractivity contribution is 5.75. The molecule has 0 saturated heterocycles. The van der Waals surface area contributed by atoms with Gasteiger partial charge in [-0.3, -0.25) is 0 Å². The lowest BCUT2D eigenvalue weighted by Gasteiger charge is -2.17. The van der Waals surface area contributed by atoms with Gasteiger partial charge in [0.15, 0.2) is 0 Å². The first-order valence-electron chi connectivity index (χ1n) is 6.31. The maximum atomic E-state index is 5.96. The average Bonchev–Trinajstić information content (AvgIpc) is 2.39. The highest BCUT2D eigenvalue weighted by Crippen LogP contribution is 2.33. The summed E-state index contributed by atoms with van der Waals surface area (Å²) in [5.74, 6) is 0.948. The Bertz CT molecular complexity index is 606. The molecule has 2 rings (SSSR count). The van der Waals surface area contributed by atoms with Gasteiger partial charge in [0.05, 0.1) is 18.5 Å². The van der Waals surface area contributed by atoms with Gasteiger partial charge < -0.3 is 15.8 Å². The Morgan fingerprint density at radius 2 is 1.68 bits per heavy atom. The molecular weight excluding hydrogens is 236 g/mol. The largest absolute Gasteiger partial charge is 0.496 e. The summed E-state index contributed by atoms with van der Waals surface area (Å²) in [5, 5.41) is 3.39. The van der Waals surface area contributed by atoms with Crippen molar-refractivity contribution in [2.24, 2.45) is 0 Å². The number of para-hydroxylation sites is 2. The number of rotatable bonds is 3. The van der Waals surface area contributed by atoms with Gasteiger partial charge in [0.1, 0.15) is 5.75 Å². The van der Waals surface area contributed by atoms with Crippen molar-refractivity contribution in [1.29, 1.82) is 0 Å². The van der Waals surface area contributed by atoms with Gasteiger partial charge in [0, 0.05) is 5.69 Å². The quantitative estimate of drug-likeness (QED) is 0.817. The average molecular weight is 256 g/mol. The fourth-order valence-electron chi connectivity index (χ4n) is 2.26. The number of ether oxygens (including phenoxy) is 1. The van der Waals surface area contributed by atoms with Crippen LogP contribution in [0.25, 0.3) is 0 Å². The highest BCUT2D eigenvalue weighted by Gasteiger charge is 2.11. The molecule has 3 N–H and O–H groups in total. The molecule has 19 heavy (non-hydrogen) atoms. The second-order valence-corrected chi connectivity index (χ2v) is 4.74. The third-order valence-corrected chi connectivity index (χ3v) is 3.46. The normalized spacial score (nSPS) is 10.3. The van der Waals surface area contributed by atoms with Gasteiger partial charge in [0.25, 0.3) is 0 Å². The Morgan fingerprint density at radius 1 is 1.00 bits per heavy atom. The molecule has 0 bridgehead atoms. The number of anilines is 3. The number of nitrogens with two attached hydrogens (primary N) is 1.